The van der Waals surface area contributed by atoms with Gasteiger partial charge in [-0.15, -0.1) is 0 Å². The fraction of sp³-hybridized carbons (Fsp3) is 0.409. The minimum Gasteiger partial charge on any atom is -0.491 e. The lowest BCUT2D eigenvalue weighted by molar-refractivity contribution is 0.0326. The minimum absolute atomic E-state index is 0.625. The topological polar surface area (TPSA) is 39.5 Å². The van der Waals surface area contributed by atoms with E-state index >= 15 is 0 Å². The smallest absolute Gasteiger partial charge is 0.124 e. The van der Waals surface area contributed by atoms with Gasteiger partial charge >= 0.3 is 0 Å². The Bertz CT molecular complexity index is 913. The van der Waals surface area contributed by atoms with E-state index < -0.39 is 0 Å². The molecule has 27 heavy (non-hydrogen) atoms. The first kappa shape index (κ1) is 18.0. The van der Waals surface area contributed by atoms with Gasteiger partial charge in [-0.05, 0) is 37.6 Å². The van der Waals surface area contributed by atoms with Crippen molar-refractivity contribution < 1.29 is 9.47 Å². The molecule has 0 aliphatic carbocycles. The second-order valence-electron chi connectivity index (χ2n) is 7.17. The zero-order valence-electron chi connectivity index (χ0n) is 16.1. The van der Waals surface area contributed by atoms with Gasteiger partial charge in [-0.3, -0.25) is 4.90 Å². The van der Waals surface area contributed by atoms with Crippen LogP contribution in [0, 0.1) is 13.8 Å². The first-order valence-corrected chi connectivity index (χ1v) is 9.65. The molecule has 0 N–H and O–H groups in total. The fourth-order valence-corrected chi connectivity index (χ4v) is 3.66. The fourth-order valence-electron chi connectivity index (χ4n) is 3.66. The van der Waals surface area contributed by atoms with E-state index in [1.807, 2.05) is 6.07 Å². The average molecular weight is 365 g/mol. The van der Waals surface area contributed by atoms with Crippen molar-refractivity contribution >= 4 is 11.0 Å². The molecule has 2 heterocycles. The number of fused-ring (bicyclic) bond motifs is 1. The standard InChI is InChI=1S/C22H27N3O2/c1-17-7-8-21(18(2)15-17)27-14-11-25-20-6-4-3-5-19(20)23-22(25)16-24-9-12-26-13-10-24/h3-8,15H,9-14,16H2,1-2H3. The Labute approximate surface area is 160 Å². The molecule has 1 aliphatic rings. The first-order chi connectivity index (χ1) is 13.2. The minimum atomic E-state index is 0.625. The Morgan fingerprint density at radius 2 is 1.89 bits per heavy atom. The molecule has 0 spiro atoms. The molecule has 4 rings (SSSR count). The molecule has 1 fully saturated rings. The Balaban J connectivity index is 1.51. The molecule has 2 aromatic carbocycles. The monoisotopic (exact) mass is 365 g/mol. The molecule has 0 amide bonds. The maximum atomic E-state index is 6.08. The summed E-state index contributed by atoms with van der Waals surface area (Å²) in [5, 5.41) is 0. The SMILES string of the molecule is Cc1ccc(OCCn2c(CN3CCOCC3)nc3ccccc32)c(C)c1. The summed E-state index contributed by atoms with van der Waals surface area (Å²) < 4.78 is 13.8. The zero-order chi connectivity index (χ0) is 18.6. The van der Waals surface area contributed by atoms with Gasteiger partial charge < -0.3 is 14.0 Å². The van der Waals surface area contributed by atoms with Crippen molar-refractivity contribution in [2.75, 3.05) is 32.9 Å². The summed E-state index contributed by atoms with van der Waals surface area (Å²) in [6.45, 7) is 9.98. The Hall–Kier alpha value is -2.37. The van der Waals surface area contributed by atoms with E-state index in [1.165, 1.54) is 16.6 Å². The van der Waals surface area contributed by atoms with Gasteiger partial charge in [0.05, 0.1) is 37.3 Å². The number of aryl methyl sites for hydroxylation is 2. The highest BCUT2D eigenvalue weighted by atomic mass is 16.5. The second kappa shape index (κ2) is 8.11. The van der Waals surface area contributed by atoms with Gasteiger partial charge in [0.2, 0.25) is 0 Å². The Kier molecular flexibility index (Phi) is 5.41. The molecule has 0 radical (unpaired) electrons. The van der Waals surface area contributed by atoms with Gasteiger partial charge in [-0.1, -0.05) is 29.8 Å². The molecular weight excluding hydrogens is 338 g/mol. The van der Waals surface area contributed by atoms with Gasteiger partial charge in [0, 0.05) is 13.1 Å². The van der Waals surface area contributed by atoms with Crippen LogP contribution in [0.2, 0.25) is 0 Å². The molecule has 1 aliphatic heterocycles. The number of morpholine rings is 1. The highest BCUT2D eigenvalue weighted by Gasteiger charge is 2.16. The lowest BCUT2D eigenvalue weighted by Crippen LogP contribution is -2.36. The number of ether oxygens (including phenoxy) is 2. The lowest BCUT2D eigenvalue weighted by Gasteiger charge is -2.26. The maximum absolute atomic E-state index is 6.08. The molecule has 3 aromatic rings. The molecule has 1 saturated heterocycles. The number of imidazole rings is 1. The predicted octanol–water partition coefficient (Wildman–Crippen LogP) is 3.56. The van der Waals surface area contributed by atoms with Gasteiger partial charge in [0.15, 0.2) is 0 Å². The van der Waals surface area contributed by atoms with Gasteiger partial charge in [0.25, 0.3) is 0 Å². The van der Waals surface area contributed by atoms with E-state index in [0.29, 0.717) is 6.61 Å². The summed E-state index contributed by atoms with van der Waals surface area (Å²) in [4.78, 5) is 7.30. The van der Waals surface area contributed by atoms with E-state index in [0.717, 1.165) is 56.5 Å². The molecule has 5 nitrogen and oxygen atoms in total. The third-order valence-corrected chi connectivity index (χ3v) is 5.11. The van der Waals surface area contributed by atoms with Crippen molar-refractivity contribution in [1.82, 2.24) is 14.5 Å². The van der Waals surface area contributed by atoms with Crippen LogP contribution in [0.1, 0.15) is 17.0 Å². The van der Waals surface area contributed by atoms with Crippen LogP contribution in [0.5, 0.6) is 5.75 Å². The van der Waals surface area contributed by atoms with Gasteiger partial charge in [-0.25, -0.2) is 4.98 Å². The molecule has 0 bridgehead atoms. The number of rotatable bonds is 6. The van der Waals surface area contributed by atoms with Crippen molar-refractivity contribution in [3.63, 3.8) is 0 Å². The van der Waals surface area contributed by atoms with Crippen LogP contribution in [0.4, 0.5) is 0 Å². The highest BCUT2D eigenvalue weighted by Crippen LogP contribution is 2.20. The third kappa shape index (κ3) is 4.15. The van der Waals surface area contributed by atoms with Crippen LogP contribution in [-0.2, 0) is 17.8 Å². The first-order valence-electron chi connectivity index (χ1n) is 9.65. The number of hydrogen-bond donors (Lipinski definition) is 0. The van der Waals surface area contributed by atoms with Crippen molar-refractivity contribution in [1.29, 1.82) is 0 Å². The maximum Gasteiger partial charge on any atom is 0.124 e. The Morgan fingerprint density at radius 3 is 2.70 bits per heavy atom. The van der Waals surface area contributed by atoms with Crippen LogP contribution in [0.15, 0.2) is 42.5 Å². The highest BCUT2D eigenvalue weighted by molar-refractivity contribution is 5.75. The normalized spacial score (nSPS) is 15.3. The summed E-state index contributed by atoms with van der Waals surface area (Å²) in [6, 6.07) is 14.7. The van der Waals surface area contributed by atoms with Gasteiger partial charge in [-0.2, -0.15) is 0 Å². The number of para-hydroxylation sites is 2. The van der Waals surface area contributed by atoms with Crippen LogP contribution < -0.4 is 4.74 Å². The predicted molar refractivity (Wildman–Crippen MR) is 107 cm³/mol. The summed E-state index contributed by atoms with van der Waals surface area (Å²) in [5.74, 6) is 2.06. The van der Waals surface area contributed by atoms with Crippen molar-refractivity contribution in [3.8, 4) is 5.75 Å². The van der Waals surface area contributed by atoms with Gasteiger partial charge in [0.1, 0.15) is 18.2 Å². The number of aromatic nitrogens is 2. The van der Waals surface area contributed by atoms with E-state index in [1.54, 1.807) is 0 Å². The zero-order valence-corrected chi connectivity index (χ0v) is 16.1. The molecule has 5 heteroatoms. The number of nitrogens with zero attached hydrogens (tertiary/aromatic N) is 3. The van der Waals surface area contributed by atoms with Crippen LogP contribution in [-0.4, -0.2) is 47.4 Å². The lowest BCUT2D eigenvalue weighted by atomic mass is 10.1. The van der Waals surface area contributed by atoms with Crippen LogP contribution in [0.25, 0.3) is 11.0 Å². The van der Waals surface area contributed by atoms with Crippen molar-refractivity contribution in [2.45, 2.75) is 26.9 Å². The average Bonchev–Trinajstić information content (AvgIpc) is 3.01. The molecule has 0 atom stereocenters. The number of hydrogen-bond acceptors (Lipinski definition) is 4. The number of benzene rings is 2. The van der Waals surface area contributed by atoms with E-state index in [9.17, 15) is 0 Å². The van der Waals surface area contributed by atoms with Crippen molar-refractivity contribution in [2.24, 2.45) is 0 Å². The van der Waals surface area contributed by atoms with Crippen LogP contribution in [0.3, 0.4) is 0 Å². The van der Waals surface area contributed by atoms with E-state index in [4.69, 9.17) is 14.5 Å². The molecule has 1 aromatic heterocycles. The molecule has 0 unspecified atom stereocenters. The third-order valence-electron chi connectivity index (χ3n) is 5.11. The molecular formula is C22H27N3O2. The quantitative estimate of drug-likeness (QED) is 0.670. The summed E-state index contributed by atoms with van der Waals surface area (Å²) in [6.07, 6.45) is 0. The summed E-state index contributed by atoms with van der Waals surface area (Å²) in [7, 11) is 0. The Morgan fingerprint density at radius 1 is 1.07 bits per heavy atom. The largest absolute Gasteiger partial charge is 0.491 e. The summed E-state index contributed by atoms with van der Waals surface area (Å²) >= 11 is 0. The van der Waals surface area contributed by atoms with Crippen molar-refractivity contribution in [3.05, 3.63) is 59.4 Å². The summed E-state index contributed by atoms with van der Waals surface area (Å²) in [5.41, 5.74) is 4.66. The second-order valence-corrected chi connectivity index (χ2v) is 7.17. The molecule has 142 valence electrons. The molecule has 0 saturated carbocycles. The van der Waals surface area contributed by atoms with E-state index in [-0.39, 0.29) is 0 Å². The van der Waals surface area contributed by atoms with Crippen LogP contribution >= 0.6 is 0 Å². The van der Waals surface area contributed by atoms with E-state index in [2.05, 4.69) is 59.7 Å².